The van der Waals surface area contributed by atoms with Gasteiger partial charge in [-0.05, 0) is 153 Å². The van der Waals surface area contributed by atoms with Crippen molar-refractivity contribution in [3.05, 3.63) is 144 Å². The molecule has 7 fully saturated rings. The van der Waals surface area contributed by atoms with E-state index in [0.29, 0.717) is 25.1 Å². The van der Waals surface area contributed by atoms with E-state index >= 15 is 0 Å². The number of aromatic amines is 4. The standard InChI is InChI=1S/C21H27N7.C20H24N6.C19H22N6O2.C17H20N6O/c1-15-14-19(26-25-15)23-20-17-6-2-3-7-18(17)22-21(24-20)28-12-8-16(9-13-28)27-10-4-5-11-27;1-13-8-10-26(11-9-13)20-21-16-5-3-2-4-15(16)19(23-20)22-18-12-17(24-25-18)14-6-7-14;1-13-12-16(24-23-13)21-17-14-4-2-3-5-15(14)20-18(22-17)25-8-6-19(7-9-25)26-10-11-27-19;1-11-10-15(22-21-11)19-16-13-4-2-3-5-14(13)18-17(20-16)23-8-6-12(24)7-9-23/h2-3,6-7,14,16H,4-5,8-13H2,1H3,(H2,22,23,24,25,26);2-5,12-14H,6-11H2,1H3,(H2,21,22,23,24,25);2-5,12H,6-11H2,1H3,(H2,20,21,22,23,24);2-5,10,12,24H,6-9H2,1H3,(H2,18,19,20,21,22). The molecule has 14 heterocycles. The summed E-state index contributed by atoms with van der Waals surface area (Å²) in [4.78, 5) is 50.1. The molecule has 19 rings (SSSR count). The highest BCUT2D eigenvalue weighted by Crippen LogP contribution is 2.41. The molecule has 4 aromatic carbocycles. The topological polar surface area (TPSA) is 321 Å². The molecule has 12 aromatic rings. The summed E-state index contributed by atoms with van der Waals surface area (Å²) in [5, 5.41) is 56.3. The van der Waals surface area contributed by atoms with Crippen LogP contribution in [0, 0.1) is 26.7 Å². The van der Waals surface area contributed by atoms with Gasteiger partial charge in [-0.3, -0.25) is 20.4 Å². The van der Waals surface area contributed by atoms with Crippen LogP contribution in [0.15, 0.2) is 121 Å². The van der Waals surface area contributed by atoms with Gasteiger partial charge in [0.05, 0.1) is 41.4 Å². The minimum absolute atomic E-state index is 0.216. The number of likely N-dealkylation sites (tertiary alicyclic amines) is 1. The van der Waals surface area contributed by atoms with Gasteiger partial charge in [0, 0.05) is 146 Å². The highest BCUT2D eigenvalue weighted by atomic mass is 16.7. The van der Waals surface area contributed by atoms with Gasteiger partial charge in [-0.2, -0.15) is 40.3 Å². The van der Waals surface area contributed by atoms with Gasteiger partial charge in [-0.15, -0.1) is 0 Å². The quantitative estimate of drug-likeness (QED) is 0.0488. The molecule has 0 bridgehead atoms. The zero-order valence-electron chi connectivity index (χ0n) is 60.2. The summed E-state index contributed by atoms with van der Waals surface area (Å²) in [7, 11) is 0. The summed E-state index contributed by atoms with van der Waals surface area (Å²) in [6, 6.07) is 41.0. The molecule has 6 saturated heterocycles. The van der Waals surface area contributed by atoms with Gasteiger partial charge in [-0.1, -0.05) is 55.5 Å². The van der Waals surface area contributed by atoms with E-state index in [2.05, 4.69) is 124 Å². The molecule has 1 aliphatic carbocycles. The second-order valence-corrected chi connectivity index (χ2v) is 28.8. The Bertz CT molecular complexity index is 4910. The minimum atomic E-state index is -0.402. The zero-order valence-corrected chi connectivity index (χ0v) is 60.2. The molecule has 0 atom stereocenters. The monoisotopic (exact) mass is 1420 g/mol. The number of piperidine rings is 4. The van der Waals surface area contributed by atoms with E-state index < -0.39 is 5.79 Å². The number of nitrogens with zero attached hydrogens (tertiary/aromatic N) is 17. The third kappa shape index (κ3) is 16.3. The number of aliphatic hydroxyl groups is 1. The van der Waals surface area contributed by atoms with Crippen molar-refractivity contribution >= 4 is 114 Å². The van der Waals surface area contributed by atoms with Gasteiger partial charge in [0.1, 0.15) is 23.3 Å². The first-order valence-electron chi connectivity index (χ1n) is 37.4. The number of hydrogen-bond acceptors (Lipinski definition) is 24. The van der Waals surface area contributed by atoms with E-state index in [0.717, 1.165) is 215 Å². The Morgan fingerprint density at radius 1 is 0.400 bits per heavy atom. The van der Waals surface area contributed by atoms with Crippen LogP contribution in [0.4, 0.5) is 70.3 Å². The average molecular weight is 1420 g/mol. The van der Waals surface area contributed by atoms with Gasteiger partial charge in [-0.25, -0.2) is 19.9 Å². The van der Waals surface area contributed by atoms with E-state index in [-0.39, 0.29) is 6.10 Å². The zero-order chi connectivity index (χ0) is 71.2. The third-order valence-electron chi connectivity index (χ3n) is 20.9. The molecule has 0 radical (unpaired) electrons. The summed E-state index contributed by atoms with van der Waals surface area (Å²) in [6.45, 7) is 19.4. The number of hydrogen-bond donors (Lipinski definition) is 9. The van der Waals surface area contributed by atoms with Crippen molar-refractivity contribution in [3.63, 3.8) is 0 Å². The molecular formula is C77H93N25O3. The van der Waals surface area contributed by atoms with Crippen LogP contribution in [0.5, 0.6) is 0 Å². The Labute approximate surface area is 609 Å². The highest BCUT2D eigenvalue weighted by molar-refractivity contribution is 5.94. The lowest BCUT2D eigenvalue weighted by molar-refractivity contribution is -0.169. The molecule has 1 saturated carbocycles. The SMILES string of the molecule is CC1CCN(c2nc(Nc3cc(C4CC4)[nH]n3)c3ccccc3n2)CC1.Cc1cc(Nc2nc(N3CCC(N4CCCC4)CC3)nc3ccccc23)n[nH]1.Cc1cc(Nc2nc(N3CCC(O)CC3)nc3ccccc23)n[nH]1.Cc1cc(Nc2nc(N3CCC4(CC3)OCCO4)nc3ccccc23)n[nH]1. The normalized spacial score (nSPS) is 18.1. The van der Waals surface area contributed by atoms with Crippen LogP contribution >= 0.6 is 0 Å². The molecule has 0 unspecified atom stereocenters. The number of aromatic nitrogens is 16. The predicted molar refractivity (Wildman–Crippen MR) is 412 cm³/mol. The smallest absolute Gasteiger partial charge is 0.227 e. The van der Waals surface area contributed by atoms with Gasteiger partial charge in [0.15, 0.2) is 29.1 Å². The lowest BCUT2D eigenvalue weighted by Crippen LogP contribution is -2.45. The van der Waals surface area contributed by atoms with Crippen LogP contribution in [0.25, 0.3) is 43.6 Å². The fourth-order valence-corrected chi connectivity index (χ4v) is 14.8. The highest BCUT2D eigenvalue weighted by Gasteiger charge is 2.41. The van der Waals surface area contributed by atoms with Crippen molar-refractivity contribution < 1.29 is 14.6 Å². The maximum absolute atomic E-state index is 9.71. The Morgan fingerprint density at radius 3 is 1.11 bits per heavy atom. The van der Waals surface area contributed by atoms with Crippen LogP contribution in [-0.4, -0.2) is 187 Å². The summed E-state index contributed by atoms with van der Waals surface area (Å²) >= 11 is 0. The molecule has 544 valence electrons. The molecule has 6 aliphatic heterocycles. The molecular weight excluding hydrogens is 1320 g/mol. The third-order valence-corrected chi connectivity index (χ3v) is 20.9. The maximum Gasteiger partial charge on any atom is 0.227 e. The molecule has 1 spiro atoms. The number of fused-ring (bicyclic) bond motifs is 4. The summed E-state index contributed by atoms with van der Waals surface area (Å²) in [5.41, 5.74) is 7.95. The molecule has 8 aromatic heterocycles. The van der Waals surface area contributed by atoms with Gasteiger partial charge >= 0.3 is 0 Å². The van der Waals surface area contributed by atoms with Crippen LogP contribution in [0.3, 0.4) is 0 Å². The van der Waals surface area contributed by atoms with Crippen molar-refractivity contribution in [1.82, 2.24) is 85.6 Å². The van der Waals surface area contributed by atoms with Gasteiger partial charge < -0.3 is 60.3 Å². The first kappa shape index (κ1) is 68.7. The van der Waals surface area contributed by atoms with Crippen molar-refractivity contribution in [2.24, 2.45) is 5.92 Å². The molecule has 28 nitrogen and oxygen atoms in total. The molecule has 9 N–H and O–H groups in total. The Balaban J connectivity index is 0.000000108. The predicted octanol–water partition coefficient (Wildman–Crippen LogP) is 12.8. The van der Waals surface area contributed by atoms with Gasteiger partial charge in [0.25, 0.3) is 0 Å². The fraction of sp³-hybridized carbons (Fsp3) is 0.429. The largest absolute Gasteiger partial charge is 0.393 e. The number of nitrogens with one attached hydrogen (secondary N) is 8. The van der Waals surface area contributed by atoms with Crippen LogP contribution in [-0.2, 0) is 9.47 Å². The summed E-state index contributed by atoms with van der Waals surface area (Å²) in [6.07, 6.45) is 12.9. The van der Waals surface area contributed by atoms with Crippen LogP contribution in [0.2, 0.25) is 0 Å². The Morgan fingerprint density at radius 2 is 0.743 bits per heavy atom. The van der Waals surface area contributed by atoms with E-state index in [1.807, 2.05) is 112 Å². The number of anilines is 12. The molecule has 0 amide bonds. The van der Waals surface area contributed by atoms with Crippen molar-refractivity contribution in [1.29, 1.82) is 0 Å². The number of aliphatic hydroxyl groups excluding tert-OH is 1. The summed E-state index contributed by atoms with van der Waals surface area (Å²) < 4.78 is 11.7. The lowest BCUT2D eigenvalue weighted by atomic mass is 10.00. The number of rotatable bonds is 14. The molecule has 28 heteroatoms. The number of aryl methyl sites for hydroxylation is 3. The second kappa shape index (κ2) is 30.9. The number of para-hydroxylation sites is 4. The first-order chi connectivity index (χ1) is 51.4. The van der Waals surface area contributed by atoms with E-state index in [1.54, 1.807) is 0 Å². The Hall–Kier alpha value is -10.7. The first-order valence-corrected chi connectivity index (χ1v) is 37.4. The second-order valence-electron chi connectivity index (χ2n) is 28.8. The molecule has 105 heavy (non-hydrogen) atoms. The molecule has 7 aliphatic rings. The average Bonchev–Trinajstić information content (AvgIpc) is 1.52. The van der Waals surface area contributed by atoms with Crippen LogP contribution < -0.4 is 40.9 Å². The summed E-state index contributed by atoms with van der Waals surface area (Å²) in [5.74, 6) is 10.3. The fourth-order valence-electron chi connectivity index (χ4n) is 14.8. The Kier molecular flexibility index (Phi) is 20.3. The van der Waals surface area contributed by atoms with Gasteiger partial charge in [0.2, 0.25) is 23.8 Å². The van der Waals surface area contributed by atoms with Crippen LogP contribution in [0.1, 0.15) is 113 Å². The van der Waals surface area contributed by atoms with E-state index in [9.17, 15) is 5.11 Å². The van der Waals surface area contributed by atoms with Crippen molar-refractivity contribution in [3.8, 4) is 0 Å². The van der Waals surface area contributed by atoms with E-state index in [1.165, 1.54) is 70.2 Å². The number of ether oxygens (including phenoxy) is 2. The van der Waals surface area contributed by atoms with Crippen molar-refractivity contribution in [2.75, 3.05) is 120 Å². The number of H-pyrrole nitrogens is 4. The maximum atomic E-state index is 9.71. The minimum Gasteiger partial charge on any atom is -0.393 e. The van der Waals surface area contributed by atoms with Crippen molar-refractivity contribution in [2.45, 2.75) is 129 Å². The number of benzene rings is 4. The van der Waals surface area contributed by atoms with E-state index in [4.69, 9.17) is 49.3 Å². The lowest BCUT2D eigenvalue weighted by Gasteiger charge is -2.37.